The van der Waals surface area contributed by atoms with Gasteiger partial charge in [0.1, 0.15) is 6.04 Å². The molecular weight excluding hydrogens is 364 g/mol. The largest absolute Gasteiger partial charge is 0.468 e. The zero-order valence-electron chi connectivity index (χ0n) is 15.2. The van der Waals surface area contributed by atoms with Crippen LogP contribution < -0.4 is 11.5 Å². The number of carbonyl (C=O) groups excluding carboxylic acids is 3. The summed E-state index contributed by atoms with van der Waals surface area (Å²) in [4.78, 5) is 35.7. The first-order chi connectivity index (χ1) is 11.8. The van der Waals surface area contributed by atoms with Gasteiger partial charge in [0.15, 0.2) is 11.3 Å². The Morgan fingerprint density at radius 1 is 1.04 bits per heavy atom. The highest BCUT2D eigenvalue weighted by Gasteiger charge is 2.42. The fraction of sp³-hybridized carbons (Fsp3) is 0.812. The Kier molecular flexibility index (Phi) is 13.0. The maximum atomic E-state index is 12.4. The minimum absolute atomic E-state index is 0.0615. The molecule has 4 N–H and O–H groups in total. The molecule has 0 aliphatic heterocycles. The Morgan fingerprint density at radius 2 is 1.68 bits per heavy atom. The highest BCUT2D eigenvalue weighted by Crippen LogP contribution is 2.27. The molecule has 0 heterocycles. The maximum absolute atomic E-state index is 12.4. The van der Waals surface area contributed by atoms with E-state index in [1.54, 1.807) is 0 Å². The maximum Gasteiger partial charge on any atom is 0.334 e. The van der Waals surface area contributed by atoms with E-state index in [4.69, 9.17) is 16.2 Å². The molecule has 0 spiro atoms. The highest BCUT2D eigenvalue weighted by molar-refractivity contribution is 8.76. The summed E-state index contributed by atoms with van der Waals surface area (Å²) in [7, 11) is 4.96. The first-order valence-electron chi connectivity index (χ1n) is 8.31. The Labute approximate surface area is 157 Å². The van der Waals surface area contributed by atoms with E-state index >= 15 is 0 Å². The molecule has 0 aromatic rings. The van der Waals surface area contributed by atoms with E-state index in [2.05, 4.69) is 11.7 Å². The van der Waals surface area contributed by atoms with Crippen LogP contribution in [0.4, 0.5) is 0 Å². The van der Waals surface area contributed by atoms with E-state index < -0.39 is 23.5 Å². The van der Waals surface area contributed by atoms with Gasteiger partial charge in [0.05, 0.1) is 14.2 Å². The molecule has 0 saturated carbocycles. The van der Waals surface area contributed by atoms with Crippen molar-refractivity contribution in [2.45, 2.75) is 57.0 Å². The Bertz CT molecular complexity index is 437. The Hall–Kier alpha value is -0.770. The summed E-state index contributed by atoms with van der Waals surface area (Å²) in [5, 5.41) is 0. The molecule has 0 aromatic heterocycles. The molecule has 0 aliphatic carbocycles. The van der Waals surface area contributed by atoms with Crippen LogP contribution in [-0.4, -0.2) is 55.0 Å². The molecule has 0 unspecified atom stereocenters. The van der Waals surface area contributed by atoms with Crippen LogP contribution in [0.25, 0.3) is 0 Å². The SMILES string of the molecule is CCCCCCCC(=O)[C@](N)(CSSC[C@H](N)C(=O)OC)C(=O)OC. The van der Waals surface area contributed by atoms with Gasteiger partial charge in [-0.2, -0.15) is 0 Å². The third kappa shape index (κ3) is 8.94. The number of ketones is 1. The second kappa shape index (κ2) is 13.4. The van der Waals surface area contributed by atoms with Gasteiger partial charge >= 0.3 is 11.9 Å². The van der Waals surface area contributed by atoms with Crippen LogP contribution in [0.2, 0.25) is 0 Å². The summed E-state index contributed by atoms with van der Waals surface area (Å²) in [5.41, 5.74) is 10.0. The molecule has 0 bridgehead atoms. The molecule has 0 aliphatic rings. The predicted molar refractivity (Wildman–Crippen MR) is 102 cm³/mol. The van der Waals surface area contributed by atoms with Crippen LogP contribution in [0.5, 0.6) is 0 Å². The molecule has 7 nitrogen and oxygen atoms in total. The molecule has 9 heteroatoms. The zero-order valence-corrected chi connectivity index (χ0v) is 16.9. The first kappa shape index (κ1) is 24.2. The van der Waals surface area contributed by atoms with E-state index in [0.29, 0.717) is 12.2 Å². The molecule has 0 aromatic carbocycles. The predicted octanol–water partition coefficient (Wildman–Crippen LogP) is 1.67. The van der Waals surface area contributed by atoms with Gasteiger partial charge in [-0.3, -0.25) is 9.59 Å². The minimum Gasteiger partial charge on any atom is -0.468 e. The fourth-order valence-corrected chi connectivity index (χ4v) is 4.49. The van der Waals surface area contributed by atoms with Crippen LogP contribution in [0, 0.1) is 0 Å². The summed E-state index contributed by atoms with van der Waals surface area (Å²) in [5.74, 6) is -1.22. The smallest absolute Gasteiger partial charge is 0.334 e. The molecule has 25 heavy (non-hydrogen) atoms. The number of rotatable bonds is 14. The van der Waals surface area contributed by atoms with Crippen LogP contribution in [0.15, 0.2) is 0 Å². The molecule has 0 radical (unpaired) electrons. The van der Waals surface area contributed by atoms with E-state index in [1.165, 1.54) is 35.8 Å². The van der Waals surface area contributed by atoms with Gasteiger partial charge < -0.3 is 20.9 Å². The third-order valence-corrected chi connectivity index (χ3v) is 6.17. The molecule has 0 amide bonds. The lowest BCUT2D eigenvalue weighted by Gasteiger charge is -2.24. The van der Waals surface area contributed by atoms with Crippen LogP contribution >= 0.6 is 21.6 Å². The third-order valence-electron chi connectivity index (χ3n) is 3.68. The number of nitrogens with two attached hydrogens (primary N) is 2. The zero-order chi connectivity index (χ0) is 19.3. The summed E-state index contributed by atoms with van der Waals surface area (Å²) < 4.78 is 9.25. The molecule has 0 fully saturated rings. The van der Waals surface area contributed by atoms with Gasteiger partial charge in [-0.25, -0.2) is 4.79 Å². The lowest BCUT2D eigenvalue weighted by Crippen LogP contribution is -2.57. The molecular formula is C16H30N2O5S2. The average molecular weight is 395 g/mol. The number of esters is 2. The van der Waals surface area contributed by atoms with Gasteiger partial charge in [0, 0.05) is 17.9 Å². The number of hydrogen-bond acceptors (Lipinski definition) is 9. The molecule has 2 atom stereocenters. The van der Waals surface area contributed by atoms with E-state index in [0.717, 1.165) is 25.7 Å². The second-order valence-electron chi connectivity index (χ2n) is 5.73. The number of ether oxygens (including phenoxy) is 2. The normalized spacial score (nSPS) is 14.4. The van der Waals surface area contributed by atoms with Gasteiger partial charge in [-0.05, 0) is 6.42 Å². The van der Waals surface area contributed by atoms with Crippen molar-refractivity contribution < 1.29 is 23.9 Å². The summed E-state index contributed by atoms with van der Waals surface area (Å²) in [6.45, 7) is 2.12. The van der Waals surface area contributed by atoms with Gasteiger partial charge in [-0.1, -0.05) is 54.2 Å². The van der Waals surface area contributed by atoms with Crippen LogP contribution in [0.1, 0.15) is 45.4 Å². The van der Waals surface area contributed by atoms with Crippen molar-refractivity contribution in [2.75, 3.05) is 25.7 Å². The average Bonchev–Trinajstić information content (AvgIpc) is 2.62. The van der Waals surface area contributed by atoms with Gasteiger partial charge in [0.2, 0.25) is 0 Å². The van der Waals surface area contributed by atoms with Crippen molar-refractivity contribution in [3.05, 3.63) is 0 Å². The molecule has 146 valence electrons. The number of hydrogen-bond donors (Lipinski definition) is 2. The van der Waals surface area contributed by atoms with Crippen molar-refractivity contribution in [3.63, 3.8) is 0 Å². The monoisotopic (exact) mass is 394 g/mol. The standard InChI is InChI=1S/C16H30N2O5S2/c1-4-5-6-7-8-9-13(19)16(18,15(21)23-3)11-25-24-10-12(17)14(20)22-2/h12H,4-11,17-18H2,1-3H3/t12-,16+/m0/s1. The topological polar surface area (TPSA) is 122 Å². The number of methoxy groups -OCH3 is 2. The first-order valence-corrected chi connectivity index (χ1v) is 10.8. The second-order valence-corrected chi connectivity index (χ2v) is 8.23. The summed E-state index contributed by atoms with van der Waals surface area (Å²) in [6, 6.07) is -0.762. The van der Waals surface area contributed by atoms with E-state index in [-0.39, 0.29) is 18.0 Å². The van der Waals surface area contributed by atoms with E-state index in [9.17, 15) is 14.4 Å². The van der Waals surface area contributed by atoms with Crippen LogP contribution in [-0.2, 0) is 23.9 Å². The van der Waals surface area contributed by atoms with Crippen LogP contribution in [0.3, 0.4) is 0 Å². The Morgan fingerprint density at radius 3 is 2.24 bits per heavy atom. The fourth-order valence-electron chi connectivity index (χ4n) is 2.02. The number of unbranched alkanes of at least 4 members (excludes halogenated alkanes) is 4. The number of Topliss-reactive ketones (excluding diaryl/α,β-unsaturated/α-hetero) is 1. The van der Waals surface area contributed by atoms with E-state index in [1.807, 2.05) is 0 Å². The highest BCUT2D eigenvalue weighted by atomic mass is 33.1. The quantitative estimate of drug-likeness (QED) is 0.196. The molecule has 0 rings (SSSR count). The van der Waals surface area contributed by atoms with Crippen molar-refractivity contribution in [1.82, 2.24) is 0 Å². The van der Waals surface area contributed by atoms with Gasteiger partial charge in [-0.15, -0.1) is 0 Å². The van der Waals surface area contributed by atoms with Crippen molar-refractivity contribution in [3.8, 4) is 0 Å². The van der Waals surface area contributed by atoms with Gasteiger partial charge in [0.25, 0.3) is 0 Å². The minimum atomic E-state index is -1.67. The summed E-state index contributed by atoms with van der Waals surface area (Å²) in [6.07, 6.45) is 5.22. The lowest BCUT2D eigenvalue weighted by atomic mass is 9.93. The van der Waals surface area contributed by atoms with Crippen molar-refractivity contribution >= 4 is 39.3 Å². The number of carbonyl (C=O) groups is 3. The van der Waals surface area contributed by atoms with Crippen molar-refractivity contribution in [2.24, 2.45) is 11.5 Å². The summed E-state index contributed by atoms with van der Waals surface area (Å²) >= 11 is 0. The molecule has 0 saturated heterocycles. The Balaban J connectivity index is 4.47. The van der Waals surface area contributed by atoms with Crippen molar-refractivity contribution in [1.29, 1.82) is 0 Å². The lowest BCUT2D eigenvalue weighted by molar-refractivity contribution is -0.150.